The van der Waals surface area contributed by atoms with Crippen LogP contribution >= 0.6 is 11.3 Å². The van der Waals surface area contributed by atoms with Gasteiger partial charge in [-0.05, 0) is 31.9 Å². The quantitative estimate of drug-likeness (QED) is 0.666. The van der Waals surface area contributed by atoms with E-state index in [9.17, 15) is 18.0 Å². The minimum Gasteiger partial charge on any atom is -0.481 e. The maximum absolute atomic E-state index is 12.1. The zero-order chi connectivity index (χ0) is 15.6. The van der Waals surface area contributed by atoms with Crippen LogP contribution in [0.2, 0.25) is 0 Å². The summed E-state index contributed by atoms with van der Waals surface area (Å²) >= 11 is 0.885. The molecule has 0 bridgehead atoms. The van der Waals surface area contributed by atoms with E-state index in [-0.39, 0.29) is 22.6 Å². The molecule has 1 aromatic rings. The molecule has 1 saturated carbocycles. The molecule has 1 unspecified atom stereocenters. The molecule has 1 amide bonds. The first-order valence-corrected chi connectivity index (χ1v) is 8.71. The standard InChI is InChI=1S/C12H16N2O5S2/c1-7(12(17)13-8-2-3-8)14-21(18,19)11-5-4-9(20-11)6-10(15)16/h4-5,7-8,14H,2-3,6H2,1H3,(H,13,17)(H,15,16). The summed E-state index contributed by atoms with van der Waals surface area (Å²) in [6.07, 6.45) is 1.63. The third kappa shape index (κ3) is 4.51. The van der Waals surface area contributed by atoms with Gasteiger partial charge in [-0.15, -0.1) is 11.3 Å². The number of aliphatic carboxylic acids is 1. The van der Waals surface area contributed by atoms with E-state index in [0.29, 0.717) is 4.88 Å². The molecule has 1 aromatic heterocycles. The summed E-state index contributed by atoms with van der Waals surface area (Å²) in [5.74, 6) is -1.38. The van der Waals surface area contributed by atoms with Gasteiger partial charge in [0.05, 0.1) is 12.5 Å². The lowest BCUT2D eigenvalue weighted by Gasteiger charge is -2.13. The number of hydrogen-bond acceptors (Lipinski definition) is 5. The molecule has 2 rings (SSSR count). The molecule has 0 aromatic carbocycles. The number of rotatable bonds is 7. The van der Waals surface area contributed by atoms with Crippen LogP contribution in [-0.4, -0.2) is 37.5 Å². The highest BCUT2D eigenvalue weighted by atomic mass is 32.2. The molecule has 1 aliphatic carbocycles. The van der Waals surface area contributed by atoms with Gasteiger partial charge in [0.1, 0.15) is 4.21 Å². The first-order chi connectivity index (χ1) is 9.78. The fourth-order valence-electron chi connectivity index (χ4n) is 1.64. The Bertz CT molecular complexity index is 648. The Morgan fingerprint density at radius 1 is 1.43 bits per heavy atom. The average Bonchev–Trinajstić information content (AvgIpc) is 3.04. The van der Waals surface area contributed by atoms with Crippen molar-refractivity contribution in [1.29, 1.82) is 0 Å². The number of sulfonamides is 1. The number of carboxylic acids is 1. The molecule has 1 atom stereocenters. The zero-order valence-corrected chi connectivity index (χ0v) is 13.0. The van der Waals surface area contributed by atoms with Crippen molar-refractivity contribution < 1.29 is 23.1 Å². The number of amides is 1. The molecular formula is C12H16N2O5S2. The van der Waals surface area contributed by atoms with Crippen LogP contribution in [0.3, 0.4) is 0 Å². The first kappa shape index (κ1) is 15.9. The van der Waals surface area contributed by atoms with Crippen LogP contribution in [0.4, 0.5) is 0 Å². The molecule has 1 fully saturated rings. The molecular weight excluding hydrogens is 316 g/mol. The number of thiophene rings is 1. The van der Waals surface area contributed by atoms with Gasteiger partial charge in [-0.3, -0.25) is 9.59 Å². The minimum atomic E-state index is -3.82. The van der Waals surface area contributed by atoms with Gasteiger partial charge in [-0.25, -0.2) is 8.42 Å². The van der Waals surface area contributed by atoms with Gasteiger partial charge >= 0.3 is 5.97 Å². The van der Waals surface area contributed by atoms with Gasteiger partial charge in [0.25, 0.3) is 10.0 Å². The third-order valence-corrected chi connectivity index (χ3v) is 5.99. The van der Waals surface area contributed by atoms with Crippen LogP contribution in [0.1, 0.15) is 24.6 Å². The second-order valence-electron chi connectivity index (χ2n) is 4.92. The van der Waals surface area contributed by atoms with Crippen LogP contribution in [-0.2, 0) is 26.0 Å². The van der Waals surface area contributed by atoms with Gasteiger partial charge in [0.2, 0.25) is 5.91 Å². The molecule has 0 radical (unpaired) electrons. The summed E-state index contributed by atoms with van der Waals surface area (Å²) in [5, 5.41) is 11.4. The van der Waals surface area contributed by atoms with Crippen molar-refractivity contribution in [3.05, 3.63) is 17.0 Å². The van der Waals surface area contributed by atoms with E-state index < -0.39 is 22.0 Å². The highest BCUT2D eigenvalue weighted by Crippen LogP contribution is 2.22. The molecule has 21 heavy (non-hydrogen) atoms. The first-order valence-electron chi connectivity index (χ1n) is 6.41. The highest BCUT2D eigenvalue weighted by Gasteiger charge is 2.28. The van der Waals surface area contributed by atoms with Gasteiger partial charge in [-0.2, -0.15) is 4.72 Å². The Morgan fingerprint density at radius 2 is 2.10 bits per heavy atom. The number of carboxylic acid groups (broad SMARTS) is 1. The van der Waals surface area contributed by atoms with E-state index in [2.05, 4.69) is 10.0 Å². The summed E-state index contributed by atoms with van der Waals surface area (Å²) in [6.45, 7) is 1.47. The molecule has 9 heteroatoms. The molecule has 1 heterocycles. The molecule has 0 spiro atoms. The Labute approximate surface area is 126 Å². The van der Waals surface area contributed by atoms with Crippen LogP contribution in [0.5, 0.6) is 0 Å². The van der Waals surface area contributed by atoms with Crippen molar-refractivity contribution in [3.63, 3.8) is 0 Å². The van der Waals surface area contributed by atoms with E-state index in [4.69, 9.17) is 5.11 Å². The molecule has 7 nitrogen and oxygen atoms in total. The van der Waals surface area contributed by atoms with Crippen molar-refractivity contribution in [2.45, 2.75) is 42.5 Å². The van der Waals surface area contributed by atoms with Gasteiger partial charge in [0.15, 0.2) is 0 Å². The second kappa shape index (κ2) is 6.12. The predicted molar refractivity (Wildman–Crippen MR) is 76.6 cm³/mol. The maximum Gasteiger partial charge on any atom is 0.308 e. The lowest BCUT2D eigenvalue weighted by atomic mass is 10.3. The smallest absolute Gasteiger partial charge is 0.308 e. The topological polar surface area (TPSA) is 113 Å². The van der Waals surface area contributed by atoms with Crippen molar-refractivity contribution in [2.75, 3.05) is 0 Å². The Morgan fingerprint density at radius 3 is 2.67 bits per heavy atom. The van der Waals surface area contributed by atoms with Crippen LogP contribution < -0.4 is 10.0 Å². The highest BCUT2D eigenvalue weighted by molar-refractivity contribution is 7.91. The third-order valence-electron chi connectivity index (χ3n) is 2.88. The van der Waals surface area contributed by atoms with Crippen molar-refractivity contribution >= 4 is 33.2 Å². The fourth-order valence-corrected chi connectivity index (χ4v) is 4.21. The number of carbonyl (C=O) groups excluding carboxylic acids is 1. The van der Waals surface area contributed by atoms with Gasteiger partial charge < -0.3 is 10.4 Å². The Balaban J connectivity index is 2.01. The largest absolute Gasteiger partial charge is 0.481 e. The van der Waals surface area contributed by atoms with Crippen molar-refractivity contribution in [1.82, 2.24) is 10.0 Å². The maximum atomic E-state index is 12.1. The van der Waals surface area contributed by atoms with Gasteiger partial charge in [-0.1, -0.05) is 0 Å². The number of hydrogen-bond donors (Lipinski definition) is 3. The lowest BCUT2D eigenvalue weighted by Crippen LogP contribution is -2.45. The summed E-state index contributed by atoms with van der Waals surface area (Å²) in [6, 6.07) is 2.09. The van der Waals surface area contributed by atoms with Crippen LogP contribution in [0.15, 0.2) is 16.3 Å². The van der Waals surface area contributed by atoms with Gasteiger partial charge in [0, 0.05) is 10.9 Å². The summed E-state index contributed by atoms with van der Waals surface area (Å²) in [5.41, 5.74) is 0. The Kier molecular flexibility index (Phi) is 4.64. The Hall–Kier alpha value is -1.45. The van der Waals surface area contributed by atoms with E-state index in [1.807, 2.05) is 0 Å². The van der Waals surface area contributed by atoms with Crippen LogP contribution in [0.25, 0.3) is 0 Å². The van der Waals surface area contributed by atoms with Crippen LogP contribution in [0, 0.1) is 0 Å². The monoisotopic (exact) mass is 332 g/mol. The molecule has 0 aliphatic heterocycles. The molecule has 1 aliphatic rings. The zero-order valence-electron chi connectivity index (χ0n) is 11.3. The van der Waals surface area contributed by atoms with Crippen molar-refractivity contribution in [3.8, 4) is 0 Å². The lowest BCUT2D eigenvalue weighted by molar-refractivity contribution is -0.136. The van der Waals surface area contributed by atoms with E-state index >= 15 is 0 Å². The molecule has 116 valence electrons. The second-order valence-corrected chi connectivity index (χ2v) is 8.03. The van der Waals surface area contributed by atoms with E-state index in [1.54, 1.807) is 0 Å². The number of nitrogens with one attached hydrogen (secondary N) is 2. The van der Waals surface area contributed by atoms with E-state index in [1.165, 1.54) is 19.1 Å². The SMILES string of the molecule is CC(NS(=O)(=O)c1ccc(CC(=O)O)s1)C(=O)NC1CC1. The summed E-state index contributed by atoms with van der Waals surface area (Å²) in [4.78, 5) is 22.8. The predicted octanol–water partition coefficient (Wildman–Crippen LogP) is 0.321. The molecule has 3 N–H and O–H groups in total. The minimum absolute atomic E-state index is 0.00446. The molecule has 0 saturated heterocycles. The average molecular weight is 332 g/mol. The number of carbonyl (C=O) groups is 2. The normalized spacial score (nSPS) is 16.4. The van der Waals surface area contributed by atoms with E-state index in [0.717, 1.165) is 24.2 Å². The van der Waals surface area contributed by atoms with Crippen molar-refractivity contribution in [2.24, 2.45) is 0 Å². The fraction of sp³-hybridized carbons (Fsp3) is 0.500. The summed E-state index contributed by atoms with van der Waals surface area (Å²) in [7, 11) is -3.82. The summed E-state index contributed by atoms with van der Waals surface area (Å²) < 4.78 is 26.5.